The van der Waals surface area contributed by atoms with Crippen molar-refractivity contribution in [1.82, 2.24) is 20.4 Å². The zero-order valence-corrected chi connectivity index (χ0v) is 21.9. The minimum Gasteiger partial charge on any atom is -0.479 e. The van der Waals surface area contributed by atoms with E-state index in [1.807, 2.05) is 0 Å². The molecule has 2 aromatic heterocycles. The molecule has 1 amide bonds. The van der Waals surface area contributed by atoms with Gasteiger partial charge in [0.2, 0.25) is 5.91 Å². The third-order valence-corrected chi connectivity index (χ3v) is 8.01. The summed E-state index contributed by atoms with van der Waals surface area (Å²) < 4.78 is 41.4. The van der Waals surface area contributed by atoms with Gasteiger partial charge in [-0.15, -0.1) is 0 Å². The Morgan fingerprint density at radius 2 is 2.06 bits per heavy atom. The summed E-state index contributed by atoms with van der Waals surface area (Å²) in [5.41, 5.74) is 0.996. The zero-order valence-electron chi connectivity index (χ0n) is 21.1. The molecule has 200 valence electrons. The van der Waals surface area contributed by atoms with Crippen molar-refractivity contribution in [2.24, 2.45) is 5.92 Å². The van der Waals surface area contributed by atoms with Crippen molar-refractivity contribution < 1.29 is 27.6 Å². The molecule has 8 nitrogen and oxygen atoms in total. The summed E-state index contributed by atoms with van der Waals surface area (Å²) in [5, 5.41) is 7.29. The van der Waals surface area contributed by atoms with Gasteiger partial charge in [0.05, 0.1) is 12.8 Å². The van der Waals surface area contributed by atoms with Crippen molar-refractivity contribution in [2.75, 3.05) is 33.4 Å². The van der Waals surface area contributed by atoms with Gasteiger partial charge in [0.25, 0.3) is 17.0 Å². The molecule has 36 heavy (non-hydrogen) atoms. The molecule has 1 fully saturated rings. The Hall–Kier alpha value is -2.27. The van der Waals surface area contributed by atoms with Crippen LogP contribution in [0.15, 0.2) is 10.6 Å². The van der Waals surface area contributed by atoms with Gasteiger partial charge in [-0.1, -0.05) is 11.3 Å². The van der Waals surface area contributed by atoms with E-state index in [4.69, 9.17) is 14.0 Å². The fraction of sp³-hybridized carbons (Fsp3) is 0.720. The number of fused-ring (bicyclic) bond motifs is 1. The first-order chi connectivity index (χ1) is 17.3. The Kier molecular flexibility index (Phi) is 9.16. The Labute approximate surface area is 214 Å². The minimum absolute atomic E-state index is 0.0522. The summed E-state index contributed by atoms with van der Waals surface area (Å²) in [4.78, 5) is 20.4. The predicted molar refractivity (Wildman–Crippen MR) is 132 cm³/mol. The number of aromatic nitrogens is 2. The largest absolute Gasteiger partial charge is 0.479 e. The second-order valence-electron chi connectivity index (χ2n) is 9.96. The molecule has 0 radical (unpaired) electrons. The van der Waals surface area contributed by atoms with Crippen molar-refractivity contribution in [3.05, 3.63) is 22.4 Å². The number of rotatable bonds is 11. The van der Waals surface area contributed by atoms with Gasteiger partial charge in [0.15, 0.2) is 6.61 Å². The SMILES string of the molecule is COc1cc(CCC(=O)N[C@H]2CC[C@H](CCN3CCc4nc(OCC(C)(F)F)sc4CC3)CC2)on1. The quantitative estimate of drug-likeness (QED) is 0.468. The number of hydrogen-bond donors (Lipinski definition) is 1. The highest BCUT2D eigenvalue weighted by Crippen LogP contribution is 2.30. The van der Waals surface area contributed by atoms with E-state index in [2.05, 4.69) is 20.4 Å². The van der Waals surface area contributed by atoms with Crippen molar-refractivity contribution in [2.45, 2.75) is 76.7 Å². The van der Waals surface area contributed by atoms with Gasteiger partial charge >= 0.3 is 0 Å². The average molecular weight is 527 g/mol. The topological polar surface area (TPSA) is 89.7 Å². The normalized spacial score (nSPS) is 21.0. The van der Waals surface area contributed by atoms with Crippen molar-refractivity contribution in [1.29, 1.82) is 0 Å². The number of amides is 1. The summed E-state index contributed by atoms with van der Waals surface area (Å²) >= 11 is 1.40. The lowest BCUT2D eigenvalue weighted by molar-refractivity contribution is -0.122. The van der Waals surface area contributed by atoms with E-state index < -0.39 is 12.5 Å². The average Bonchev–Trinajstić information content (AvgIpc) is 3.43. The first-order valence-electron chi connectivity index (χ1n) is 12.8. The Balaban J connectivity index is 1.10. The van der Waals surface area contributed by atoms with E-state index in [-0.39, 0.29) is 11.9 Å². The molecule has 1 N–H and O–H groups in total. The van der Waals surface area contributed by atoms with Crippen LogP contribution in [-0.4, -0.2) is 66.3 Å². The number of carbonyl (C=O) groups excluding carboxylic acids is 1. The molecule has 0 saturated heterocycles. The fourth-order valence-corrected chi connectivity index (χ4v) is 5.81. The van der Waals surface area contributed by atoms with E-state index in [1.54, 1.807) is 6.07 Å². The molecular formula is C25H36F2N4O4S. The number of hydrogen-bond acceptors (Lipinski definition) is 8. The zero-order chi connectivity index (χ0) is 25.5. The predicted octanol–water partition coefficient (Wildman–Crippen LogP) is 4.27. The van der Waals surface area contributed by atoms with Crippen LogP contribution in [0.3, 0.4) is 0 Å². The summed E-state index contributed by atoms with van der Waals surface area (Å²) in [6, 6.07) is 1.96. The minimum atomic E-state index is -2.85. The second-order valence-corrected chi connectivity index (χ2v) is 11.0. The molecule has 0 unspecified atom stereocenters. The van der Waals surface area contributed by atoms with Crippen molar-refractivity contribution in [3.63, 3.8) is 0 Å². The standard InChI is InChI=1S/C25H36F2N4O4S/c1-25(26,27)16-34-24-29-20-10-13-31(14-11-21(20)36-24)12-9-17-3-5-18(6-4-17)28-22(32)8-7-19-15-23(33-2)30-35-19/h15,17-18H,3-14,16H2,1-2H3,(H,28,32)/t17-,18-. The van der Waals surface area contributed by atoms with Crippen molar-refractivity contribution >= 4 is 17.2 Å². The number of carbonyl (C=O) groups is 1. The highest BCUT2D eigenvalue weighted by Gasteiger charge is 2.26. The lowest BCUT2D eigenvalue weighted by Crippen LogP contribution is -2.38. The van der Waals surface area contributed by atoms with Gasteiger partial charge in [0, 0.05) is 56.3 Å². The highest BCUT2D eigenvalue weighted by molar-refractivity contribution is 7.13. The number of aryl methyl sites for hydroxylation is 1. The van der Waals surface area contributed by atoms with E-state index in [0.717, 1.165) is 82.1 Å². The van der Waals surface area contributed by atoms with Crippen LogP contribution in [0.2, 0.25) is 0 Å². The van der Waals surface area contributed by atoms with Crippen molar-refractivity contribution in [3.8, 4) is 11.1 Å². The Morgan fingerprint density at radius 1 is 1.28 bits per heavy atom. The number of nitrogens with zero attached hydrogens (tertiary/aromatic N) is 3. The number of methoxy groups -OCH3 is 1. The number of thiazole rings is 1. The third kappa shape index (κ3) is 8.12. The van der Waals surface area contributed by atoms with Gasteiger partial charge in [0.1, 0.15) is 5.76 Å². The molecule has 2 aromatic rings. The van der Waals surface area contributed by atoms with Crippen LogP contribution in [0.4, 0.5) is 8.78 Å². The van der Waals surface area contributed by atoms with Gasteiger partial charge in [-0.05, 0) is 56.1 Å². The fourth-order valence-electron chi connectivity index (χ4n) is 4.86. The first-order valence-corrected chi connectivity index (χ1v) is 13.6. The van der Waals surface area contributed by atoms with Gasteiger partial charge in [-0.25, -0.2) is 13.8 Å². The molecule has 0 spiro atoms. The second kappa shape index (κ2) is 12.3. The van der Waals surface area contributed by atoms with Crippen LogP contribution in [0.5, 0.6) is 11.1 Å². The summed E-state index contributed by atoms with van der Waals surface area (Å²) in [6.07, 6.45) is 8.09. The van der Waals surface area contributed by atoms with E-state index >= 15 is 0 Å². The first kappa shape index (κ1) is 26.8. The van der Waals surface area contributed by atoms with Crippen LogP contribution in [0.25, 0.3) is 0 Å². The maximum absolute atomic E-state index is 13.0. The molecule has 0 aromatic carbocycles. The smallest absolute Gasteiger partial charge is 0.278 e. The van der Waals surface area contributed by atoms with E-state index in [9.17, 15) is 13.6 Å². The van der Waals surface area contributed by atoms with E-state index in [0.29, 0.717) is 35.6 Å². The molecular weight excluding hydrogens is 490 g/mol. The highest BCUT2D eigenvalue weighted by atomic mass is 32.1. The Morgan fingerprint density at radius 3 is 2.78 bits per heavy atom. The lowest BCUT2D eigenvalue weighted by atomic mass is 9.84. The van der Waals surface area contributed by atoms with Crippen LogP contribution in [0.1, 0.15) is 61.8 Å². The van der Waals surface area contributed by atoms with Gasteiger partial charge in [-0.3, -0.25) is 4.79 Å². The lowest BCUT2D eigenvalue weighted by Gasteiger charge is -2.30. The maximum atomic E-state index is 13.0. The van der Waals surface area contributed by atoms with Gasteiger partial charge < -0.3 is 24.2 Å². The third-order valence-electron chi connectivity index (χ3n) is 6.94. The van der Waals surface area contributed by atoms with Crippen LogP contribution < -0.4 is 14.8 Å². The number of nitrogens with one attached hydrogen (secondary N) is 1. The number of ether oxygens (including phenoxy) is 2. The van der Waals surface area contributed by atoms with E-state index in [1.165, 1.54) is 18.4 Å². The number of alkyl halides is 2. The Bertz CT molecular complexity index is 960. The summed E-state index contributed by atoms with van der Waals surface area (Å²) in [6.45, 7) is 3.17. The molecule has 4 rings (SSSR count). The molecule has 0 bridgehead atoms. The molecule has 2 aliphatic rings. The maximum Gasteiger partial charge on any atom is 0.278 e. The van der Waals surface area contributed by atoms with Crippen LogP contribution in [0, 0.1) is 5.92 Å². The summed E-state index contributed by atoms with van der Waals surface area (Å²) in [5.74, 6) is -1.03. The molecule has 11 heteroatoms. The molecule has 1 aliphatic carbocycles. The summed E-state index contributed by atoms with van der Waals surface area (Å²) in [7, 11) is 1.53. The number of halogens is 2. The van der Waals surface area contributed by atoms with Crippen LogP contribution in [-0.2, 0) is 24.1 Å². The molecule has 1 aliphatic heterocycles. The monoisotopic (exact) mass is 526 g/mol. The molecule has 0 atom stereocenters. The molecule has 1 saturated carbocycles. The van der Waals surface area contributed by atoms with Gasteiger partial charge in [-0.2, -0.15) is 0 Å². The molecule has 3 heterocycles. The van der Waals surface area contributed by atoms with Crippen LogP contribution >= 0.6 is 11.3 Å².